The number of hydrogen-bond acceptors (Lipinski definition) is 11. The number of piperazine rings is 3. The van der Waals surface area contributed by atoms with Gasteiger partial charge in [0.15, 0.2) is 0 Å². The van der Waals surface area contributed by atoms with Crippen LogP contribution < -0.4 is 5.32 Å². The standard InChI is InChI=1S/C22H25ClN4O3S.C20H19Cl2N3O3S.C12H14ClN3O2S.C8H6Cl2O/c1-25(2)15-16-3-5-17(6-4-16)22(28)26-9-11-27(12-10-26)31(29,30)21-14-18-13-19(23)7-8-20(18)24-21;21-13-14-1-3-15(4-2-14)20(26)24-7-9-25(10-8-24)29(27,28)19-12-16-11-17(22)5-6-18(16)23-19;13-10-1-2-11-9(7-10)8-12(15-11)19(17,18)16-5-3-14-4-6-16;9-5-6-1-3-7(4-2-6)8(10)11/h3-8,13-14,24H,9-12,15H2,1-2H3;1-6,11-12,23H,7-10,13H2;1-2,7-8,14-15H,3-6H2;1-4H,5H2. The monoisotopic (exact) mass is 1400 g/mol. The Hall–Kier alpha value is -6.06. The summed E-state index contributed by atoms with van der Waals surface area (Å²) in [6, 6.07) is 42.1. The van der Waals surface area contributed by atoms with Crippen molar-refractivity contribution in [2.45, 2.75) is 33.4 Å². The van der Waals surface area contributed by atoms with Crippen molar-refractivity contribution in [1.82, 2.24) is 47.9 Å². The van der Waals surface area contributed by atoms with E-state index < -0.39 is 35.3 Å². The van der Waals surface area contributed by atoms with E-state index in [1.165, 1.54) is 12.9 Å². The molecule has 3 saturated heterocycles. The van der Waals surface area contributed by atoms with Crippen LogP contribution in [-0.2, 0) is 48.4 Å². The summed E-state index contributed by atoms with van der Waals surface area (Å²) in [6.07, 6.45) is 0. The van der Waals surface area contributed by atoms with E-state index in [1.54, 1.807) is 119 Å². The van der Waals surface area contributed by atoms with Gasteiger partial charge in [0.2, 0.25) is 0 Å². The van der Waals surface area contributed by atoms with Crippen molar-refractivity contribution in [2.75, 3.05) is 92.6 Å². The van der Waals surface area contributed by atoms with E-state index in [9.17, 15) is 39.6 Å². The van der Waals surface area contributed by atoms with Crippen LogP contribution in [0.3, 0.4) is 0 Å². The number of nitrogens with zero attached hydrogens (tertiary/aromatic N) is 6. The minimum Gasteiger partial charge on any atom is -0.345 e. The van der Waals surface area contributed by atoms with E-state index in [2.05, 4.69) is 25.2 Å². The molecule has 3 aliphatic heterocycles. The molecule has 2 amide bonds. The summed E-state index contributed by atoms with van der Waals surface area (Å²) in [7, 11) is -6.80. The van der Waals surface area contributed by atoms with Gasteiger partial charge in [0.1, 0.15) is 15.1 Å². The molecule has 3 aromatic heterocycles. The van der Waals surface area contributed by atoms with Gasteiger partial charge in [-0.15, -0.1) is 23.2 Å². The second kappa shape index (κ2) is 30.1. The van der Waals surface area contributed by atoms with Crippen molar-refractivity contribution < 1.29 is 39.6 Å². The number of nitrogens with one attached hydrogen (secondary N) is 4. The molecule has 0 spiro atoms. The molecule has 3 aliphatic rings. The Kier molecular flexibility index (Phi) is 22.9. The normalized spacial score (nSPS) is 15.4. The summed E-state index contributed by atoms with van der Waals surface area (Å²) in [5.74, 6) is 0.666. The Morgan fingerprint density at radius 2 is 0.733 bits per heavy atom. The van der Waals surface area contributed by atoms with Gasteiger partial charge < -0.3 is 35.0 Å². The van der Waals surface area contributed by atoms with Crippen molar-refractivity contribution in [3.8, 4) is 0 Å². The lowest BCUT2D eigenvalue weighted by Gasteiger charge is -2.33. The maximum atomic E-state index is 13.1. The number of alkyl halides is 2. The van der Waals surface area contributed by atoms with Crippen LogP contribution in [0.15, 0.2) is 161 Å². The smallest absolute Gasteiger partial charge is 0.258 e. The van der Waals surface area contributed by atoms with E-state index in [1.807, 2.05) is 50.5 Å². The van der Waals surface area contributed by atoms with Crippen LogP contribution in [0, 0.1) is 0 Å². The Morgan fingerprint density at radius 3 is 1.04 bits per heavy atom. The Balaban J connectivity index is 0.000000151. The number of sulfonamides is 3. The van der Waals surface area contributed by atoms with Gasteiger partial charge in [-0.05, 0) is 152 Å². The van der Waals surface area contributed by atoms with Gasteiger partial charge >= 0.3 is 0 Å². The molecular formula is C62H64Cl6N10O9S3. The largest absolute Gasteiger partial charge is 0.345 e. The number of carbonyl (C=O) groups is 3. The predicted molar refractivity (Wildman–Crippen MR) is 357 cm³/mol. The average Bonchev–Trinajstić information content (AvgIpc) is 1.78. The highest BCUT2D eigenvalue weighted by molar-refractivity contribution is 7.89. The van der Waals surface area contributed by atoms with E-state index in [0.29, 0.717) is 101 Å². The number of H-pyrrole nitrogens is 3. The van der Waals surface area contributed by atoms with Crippen LogP contribution in [0.4, 0.5) is 0 Å². The Morgan fingerprint density at radius 1 is 0.422 bits per heavy atom. The Bertz CT molecular complexity index is 4360. The highest BCUT2D eigenvalue weighted by Gasteiger charge is 2.34. The van der Waals surface area contributed by atoms with Crippen LogP contribution in [-0.4, -0.2) is 178 Å². The zero-order valence-electron chi connectivity index (χ0n) is 48.8. The third-order valence-corrected chi connectivity index (χ3v) is 22.0. The molecule has 12 rings (SSSR count). The number of amides is 2. The molecule has 90 heavy (non-hydrogen) atoms. The molecule has 0 unspecified atom stereocenters. The lowest BCUT2D eigenvalue weighted by molar-refractivity contribution is 0.0691. The number of benzene rings is 6. The number of carbonyl (C=O) groups excluding carboxylic acids is 3. The maximum Gasteiger partial charge on any atom is 0.258 e. The van der Waals surface area contributed by atoms with Crippen molar-refractivity contribution in [2.24, 2.45) is 0 Å². The second-order valence-electron chi connectivity index (χ2n) is 21.5. The van der Waals surface area contributed by atoms with E-state index in [0.717, 1.165) is 50.4 Å². The first-order valence-electron chi connectivity index (χ1n) is 28.3. The molecule has 6 heterocycles. The van der Waals surface area contributed by atoms with Gasteiger partial charge in [0.25, 0.3) is 47.1 Å². The first-order valence-corrected chi connectivity index (χ1v) is 35.2. The van der Waals surface area contributed by atoms with Crippen LogP contribution in [0.5, 0.6) is 0 Å². The van der Waals surface area contributed by atoms with Gasteiger partial charge in [0, 0.05) is 161 Å². The van der Waals surface area contributed by atoms with E-state index in [-0.39, 0.29) is 53.1 Å². The molecule has 3 fully saturated rings. The predicted octanol–water partition coefficient (Wildman–Crippen LogP) is 11.0. The van der Waals surface area contributed by atoms with Crippen LogP contribution in [0.25, 0.3) is 32.7 Å². The molecule has 0 aliphatic carbocycles. The molecule has 6 aromatic carbocycles. The van der Waals surface area contributed by atoms with E-state index in [4.69, 9.17) is 69.6 Å². The summed E-state index contributed by atoms with van der Waals surface area (Å²) in [4.78, 5) is 50.4. The van der Waals surface area contributed by atoms with Gasteiger partial charge in [-0.25, -0.2) is 25.3 Å². The molecule has 19 nitrogen and oxygen atoms in total. The first kappa shape index (κ1) is 68.3. The minimum absolute atomic E-state index is 0.0753. The molecule has 28 heteroatoms. The number of rotatable bonds is 13. The van der Waals surface area contributed by atoms with Crippen molar-refractivity contribution in [1.29, 1.82) is 0 Å². The number of halogens is 6. The lowest BCUT2D eigenvalue weighted by atomic mass is 10.1. The Labute approximate surface area is 552 Å². The number of hydrogen-bond donors (Lipinski definition) is 4. The lowest BCUT2D eigenvalue weighted by Crippen LogP contribution is -2.50. The number of aromatic nitrogens is 3. The van der Waals surface area contributed by atoms with Crippen molar-refractivity contribution in [3.63, 3.8) is 0 Å². The highest BCUT2D eigenvalue weighted by Crippen LogP contribution is 2.29. The summed E-state index contributed by atoms with van der Waals surface area (Å²) in [5, 5.41) is 7.19. The van der Waals surface area contributed by atoms with Crippen LogP contribution in [0.2, 0.25) is 15.1 Å². The quantitative estimate of drug-likeness (QED) is 0.0626. The molecule has 0 atom stereocenters. The zero-order valence-corrected chi connectivity index (χ0v) is 55.8. The fourth-order valence-corrected chi connectivity index (χ4v) is 15.5. The zero-order chi connectivity index (χ0) is 64.5. The number of fused-ring (bicyclic) bond motifs is 3. The highest BCUT2D eigenvalue weighted by atomic mass is 35.5. The molecule has 0 radical (unpaired) electrons. The van der Waals surface area contributed by atoms with Gasteiger partial charge in [0.05, 0.1) is 0 Å². The maximum absolute atomic E-state index is 13.1. The SMILES string of the molecule is CN(C)Cc1ccc(C(=O)N2CCN(S(=O)(=O)c3cc4cc(Cl)ccc4[nH]3)CC2)cc1.O=C(Cl)c1ccc(CCl)cc1.O=C(c1ccc(CCl)cc1)N1CCN(S(=O)(=O)c2cc3cc(Cl)ccc3[nH]2)CC1.O=S(=O)(c1cc2cc(Cl)ccc2[nH]1)N1CCNCC1. The fourth-order valence-electron chi connectivity index (χ4n) is 10.2. The average molecular weight is 1400 g/mol. The van der Waals surface area contributed by atoms with Crippen molar-refractivity contribution >= 4 is 149 Å². The van der Waals surface area contributed by atoms with E-state index >= 15 is 0 Å². The molecule has 0 bridgehead atoms. The number of aromatic amines is 3. The van der Waals surface area contributed by atoms with Gasteiger partial charge in [-0.3, -0.25) is 14.4 Å². The second-order valence-corrected chi connectivity index (χ2v) is 29.4. The molecule has 476 valence electrons. The molecule has 9 aromatic rings. The van der Waals surface area contributed by atoms with Crippen LogP contribution in [0.1, 0.15) is 47.8 Å². The van der Waals surface area contributed by atoms with Gasteiger partial charge in [-0.1, -0.05) is 71.2 Å². The molecular weight excluding hydrogens is 1340 g/mol. The third kappa shape index (κ3) is 16.8. The first-order chi connectivity index (χ1) is 42.9. The molecule has 4 N–H and O–H groups in total. The fraction of sp³-hybridized carbons (Fsp3) is 0.274. The van der Waals surface area contributed by atoms with Crippen LogP contribution >= 0.6 is 69.6 Å². The topological polar surface area (TPSA) is 232 Å². The third-order valence-electron chi connectivity index (χ3n) is 15.0. The minimum atomic E-state index is -3.68. The summed E-state index contributed by atoms with van der Waals surface area (Å²) >= 11 is 34.5. The van der Waals surface area contributed by atoms with Gasteiger partial charge in [-0.2, -0.15) is 12.9 Å². The molecule has 0 saturated carbocycles. The summed E-state index contributed by atoms with van der Waals surface area (Å²) in [5.41, 5.74) is 6.95. The summed E-state index contributed by atoms with van der Waals surface area (Å²) in [6.45, 7) is 5.54. The van der Waals surface area contributed by atoms with Crippen molar-refractivity contribution in [3.05, 3.63) is 194 Å². The summed E-state index contributed by atoms with van der Waals surface area (Å²) < 4.78 is 81.4.